The van der Waals surface area contributed by atoms with Gasteiger partial charge in [-0.25, -0.2) is 9.18 Å². The summed E-state index contributed by atoms with van der Waals surface area (Å²) in [5, 5.41) is 4.84. The molecule has 2 aliphatic rings. The zero-order valence-corrected chi connectivity index (χ0v) is 15.6. The number of nitrogens with zero attached hydrogens (tertiary/aromatic N) is 1. The van der Waals surface area contributed by atoms with Crippen LogP contribution in [0, 0.1) is 5.82 Å². The molecule has 148 valence electrons. The number of amides is 4. The van der Waals surface area contributed by atoms with E-state index in [9.17, 15) is 18.8 Å². The van der Waals surface area contributed by atoms with Gasteiger partial charge in [0, 0.05) is 12.1 Å². The Kier molecular flexibility index (Phi) is 4.54. The molecular weight excluding hydrogens is 377 g/mol. The van der Waals surface area contributed by atoms with Gasteiger partial charge in [0.15, 0.2) is 5.54 Å². The molecule has 0 saturated carbocycles. The van der Waals surface area contributed by atoms with Gasteiger partial charge in [-0.05, 0) is 41.5 Å². The molecule has 2 aliphatic heterocycles. The van der Waals surface area contributed by atoms with Gasteiger partial charge in [-0.2, -0.15) is 0 Å². The Balaban J connectivity index is 1.62. The van der Waals surface area contributed by atoms with Crippen LogP contribution in [-0.4, -0.2) is 41.9 Å². The lowest BCUT2D eigenvalue weighted by atomic mass is 9.97. The van der Waals surface area contributed by atoms with Crippen LogP contribution in [0.3, 0.4) is 0 Å². The maximum atomic E-state index is 13.1. The lowest BCUT2D eigenvalue weighted by molar-refractivity contribution is -0.122. The highest BCUT2D eigenvalue weighted by Crippen LogP contribution is 2.29. The average Bonchev–Trinajstić information content (AvgIpc) is 3.16. The number of rotatable bonds is 5. The van der Waals surface area contributed by atoms with Crippen LogP contribution < -0.4 is 15.4 Å². The molecule has 4 amide bonds. The molecule has 7 nitrogen and oxygen atoms in total. The minimum Gasteiger partial charge on any atom is -0.497 e. The van der Waals surface area contributed by atoms with Crippen molar-refractivity contribution >= 4 is 23.9 Å². The van der Waals surface area contributed by atoms with Crippen LogP contribution in [0.2, 0.25) is 0 Å². The summed E-state index contributed by atoms with van der Waals surface area (Å²) in [6.07, 6.45) is 3.14. The smallest absolute Gasteiger partial charge is 0.322 e. The largest absolute Gasteiger partial charge is 0.497 e. The molecule has 0 unspecified atom stereocenters. The molecule has 29 heavy (non-hydrogen) atoms. The molecule has 1 saturated heterocycles. The molecule has 0 radical (unpaired) electrons. The Bertz CT molecular complexity index is 1030. The fraction of sp³-hybridized carbons (Fsp3) is 0.190. The second kappa shape index (κ2) is 7.05. The number of hydrogen-bond donors (Lipinski definition) is 2. The quantitative estimate of drug-likeness (QED) is 0.759. The van der Waals surface area contributed by atoms with E-state index in [1.165, 1.54) is 30.2 Å². The van der Waals surface area contributed by atoms with Gasteiger partial charge in [-0.3, -0.25) is 14.9 Å². The minimum atomic E-state index is -1.42. The van der Waals surface area contributed by atoms with E-state index in [-0.39, 0.29) is 18.3 Å². The minimum absolute atomic E-state index is 0.0436. The second-order valence-corrected chi connectivity index (χ2v) is 6.95. The molecule has 2 heterocycles. The summed E-state index contributed by atoms with van der Waals surface area (Å²) in [7, 11) is 1.52. The molecule has 1 fully saturated rings. The van der Waals surface area contributed by atoms with Crippen molar-refractivity contribution in [3.05, 3.63) is 71.0 Å². The third kappa shape index (κ3) is 3.44. The number of urea groups is 1. The number of methoxy groups -OCH3 is 1. The van der Waals surface area contributed by atoms with Crippen LogP contribution in [0.15, 0.2) is 48.5 Å². The van der Waals surface area contributed by atoms with E-state index in [4.69, 9.17) is 4.74 Å². The van der Waals surface area contributed by atoms with Gasteiger partial charge in [0.1, 0.15) is 11.6 Å². The number of benzene rings is 2. The molecule has 0 aromatic heterocycles. The molecule has 0 aliphatic carbocycles. The molecule has 4 rings (SSSR count). The lowest BCUT2D eigenvalue weighted by Crippen LogP contribution is -2.53. The molecule has 2 aromatic rings. The standard InChI is InChI=1S/C21H18FN3O4/c1-29-16-7-4-14-11-25(18(26)17(14)10-16)12-21(19(27)23-20(28)24-21)9-8-13-2-5-15(22)6-3-13/h2-10H,11-12H2,1H3,(H2,23,24,27,28)/t21-/m1/s1. The van der Waals surface area contributed by atoms with Crippen LogP contribution in [-0.2, 0) is 11.3 Å². The summed E-state index contributed by atoms with van der Waals surface area (Å²) < 4.78 is 18.3. The summed E-state index contributed by atoms with van der Waals surface area (Å²) in [6.45, 7) is 0.269. The van der Waals surface area contributed by atoms with Gasteiger partial charge in [-0.15, -0.1) is 0 Å². The highest BCUT2D eigenvalue weighted by Gasteiger charge is 2.47. The van der Waals surface area contributed by atoms with Crippen molar-refractivity contribution in [3.63, 3.8) is 0 Å². The zero-order chi connectivity index (χ0) is 20.6. The molecular formula is C21H18FN3O4. The van der Waals surface area contributed by atoms with E-state index in [0.717, 1.165) is 5.56 Å². The van der Waals surface area contributed by atoms with Crippen LogP contribution in [0.5, 0.6) is 5.75 Å². The second-order valence-electron chi connectivity index (χ2n) is 6.95. The van der Waals surface area contributed by atoms with Gasteiger partial charge < -0.3 is 15.0 Å². The first kappa shape index (κ1) is 18.7. The van der Waals surface area contributed by atoms with E-state index >= 15 is 0 Å². The number of carbonyl (C=O) groups is 3. The SMILES string of the molecule is COc1ccc2c(c1)C(=O)N(C[C@@]1(C=Cc3ccc(F)cc3)NC(=O)NC1=O)C2. The van der Waals surface area contributed by atoms with Crippen molar-refractivity contribution in [2.45, 2.75) is 12.1 Å². The predicted octanol–water partition coefficient (Wildman–Crippen LogP) is 2.08. The van der Waals surface area contributed by atoms with Gasteiger partial charge in [-0.1, -0.05) is 24.3 Å². The van der Waals surface area contributed by atoms with Crippen molar-refractivity contribution in [1.29, 1.82) is 0 Å². The summed E-state index contributed by atoms with van der Waals surface area (Å²) >= 11 is 0. The van der Waals surface area contributed by atoms with Crippen LogP contribution in [0.1, 0.15) is 21.5 Å². The normalized spacial score (nSPS) is 20.8. The molecule has 0 spiro atoms. The number of carbonyl (C=O) groups excluding carboxylic acids is 3. The van der Waals surface area contributed by atoms with E-state index in [1.54, 1.807) is 36.4 Å². The van der Waals surface area contributed by atoms with E-state index in [2.05, 4.69) is 10.6 Å². The molecule has 8 heteroatoms. The van der Waals surface area contributed by atoms with Gasteiger partial charge in [0.05, 0.1) is 13.7 Å². The predicted molar refractivity (Wildman–Crippen MR) is 103 cm³/mol. The maximum Gasteiger partial charge on any atom is 0.322 e. The first-order valence-corrected chi connectivity index (χ1v) is 8.95. The monoisotopic (exact) mass is 395 g/mol. The van der Waals surface area contributed by atoms with E-state index in [1.807, 2.05) is 0 Å². The van der Waals surface area contributed by atoms with E-state index in [0.29, 0.717) is 23.4 Å². The topological polar surface area (TPSA) is 87.7 Å². The molecule has 0 bridgehead atoms. The Hall–Kier alpha value is -3.68. The van der Waals surface area contributed by atoms with Crippen molar-refractivity contribution < 1.29 is 23.5 Å². The van der Waals surface area contributed by atoms with Crippen molar-refractivity contribution in [2.75, 3.05) is 13.7 Å². The number of nitrogens with one attached hydrogen (secondary N) is 2. The van der Waals surface area contributed by atoms with Crippen molar-refractivity contribution in [3.8, 4) is 5.75 Å². The third-order valence-electron chi connectivity index (χ3n) is 5.04. The Morgan fingerprint density at radius 1 is 1.17 bits per heavy atom. The number of fused-ring (bicyclic) bond motifs is 1. The van der Waals surface area contributed by atoms with Gasteiger partial charge in [0.2, 0.25) is 0 Å². The average molecular weight is 395 g/mol. The van der Waals surface area contributed by atoms with Gasteiger partial charge in [0.25, 0.3) is 11.8 Å². The van der Waals surface area contributed by atoms with E-state index < -0.39 is 17.5 Å². The van der Waals surface area contributed by atoms with Crippen LogP contribution in [0.4, 0.5) is 9.18 Å². The highest BCUT2D eigenvalue weighted by atomic mass is 19.1. The fourth-order valence-corrected chi connectivity index (χ4v) is 3.50. The Morgan fingerprint density at radius 3 is 2.59 bits per heavy atom. The summed E-state index contributed by atoms with van der Waals surface area (Å²) in [4.78, 5) is 38.8. The van der Waals surface area contributed by atoms with Crippen molar-refractivity contribution in [2.24, 2.45) is 0 Å². The van der Waals surface area contributed by atoms with Crippen LogP contribution in [0.25, 0.3) is 6.08 Å². The number of imide groups is 1. The van der Waals surface area contributed by atoms with Crippen molar-refractivity contribution in [1.82, 2.24) is 15.5 Å². The summed E-state index contributed by atoms with van der Waals surface area (Å²) in [5.74, 6) is -0.610. The molecule has 2 aromatic carbocycles. The summed E-state index contributed by atoms with van der Waals surface area (Å²) in [5.41, 5.74) is 0.554. The molecule has 2 N–H and O–H groups in total. The number of ether oxygens (including phenoxy) is 1. The van der Waals surface area contributed by atoms with Crippen LogP contribution >= 0.6 is 0 Å². The third-order valence-corrected chi connectivity index (χ3v) is 5.04. The highest BCUT2D eigenvalue weighted by molar-refractivity contribution is 6.09. The summed E-state index contributed by atoms with van der Waals surface area (Å²) in [6, 6.07) is 10.3. The maximum absolute atomic E-state index is 13.1. The lowest BCUT2D eigenvalue weighted by Gasteiger charge is -2.28. The Morgan fingerprint density at radius 2 is 1.93 bits per heavy atom. The number of hydrogen-bond acceptors (Lipinski definition) is 4. The fourth-order valence-electron chi connectivity index (χ4n) is 3.50. The number of halogens is 1. The zero-order valence-electron chi connectivity index (χ0n) is 15.6. The molecule has 1 atom stereocenters. The first-order valence-electron chi connectivity index (χ1n) is 8.95. The van der Waals surface area contributed by atoms with Gasteiger partial charge >= 0.3 is 6.03 Å². The Labute approximate surface area is 166 Å². The first-order chi connectivity index (χ1) is 13.9.